The standard InChI is InChI=1S/C19H12N6OS2/c20-9-11(18-23-14-7-3-4-8-15(14)28-18)10-21-19(27)25-24-16-12-5-1-2-6-13(12)22-17(16)26/h1-8,10,22,26H,(H,21,27). The molecule has 0 bridgehead atoms. The molecule has 4 rings (SSSR count). The molecule has 0 aliphatic rings. The van der Waals surface area contributed by atoms with Gasteiger partial charge in [0.05, 0.1) is 15.7 Å². The molecule has 0 aliphatic heterocycles. The highest BCUT2D eigenvalue weighted by Gasteiger charge is 2.10. The van der Waals surface area contributed by atoms with Gasteiger partial charge in [0.15, 0.2) is 5.69 Å². The van der Waals surface area contributed by atoms with Crippen molar-refractivity contribution < 1.29 is 5.11 Å². The second-order valence-electron chi connectivity index (χ2n) is 5.67. The van der Waals surface area contributed by atoms with Crippen molar-refractivity contribution in [2.75, 3.05) is 0 Å². The van der Waals surface area contributed by atoms with Crippen molar-refractivity contribution >= 4 is 61.0 Å². The van der Waals surface area contributed by atoms with Crippen LogP contribution in [0, 0.1) is 11.3 Å². The van der Waals surface area contributed by atoms with Crippen LogP contribution in [0.5, 0.6) is 5.88 Å². The summed E-state index contributed by atoms with van der Waals surface area (Å²) in [4.78, 5) is 7.27. The Morgan fingerprint density at radius 3 is 2.86 bits per heavy atom. The van der Waals surface area contributed by atoms with Gasteiger partial charge in [-0.05, 0) is 30.4 Å². The fourth-order valence-electron chi connectivity index (χ4n) is 2.60. The third kappa shape index (κ3) is 3.46. The number of hydrogen-bond acceptors (Lipinski definition) is 6. The van der Waals surface area contributed by atoms with Crippen LogP contribution in [0.25, 0.3) is 26.7 Å². The van der Waals surface area contributed by atoms with Gasteiger partial charge in [0.1, 0.15) is 16.6 Å². The predicted molar refractivity (Wildman–Crippen MR) is 113 cm³/mol. The van der Waals surface area contributed by atoms with E-state index >= 15 is 0 Å². The molecule has 136 valence electrons. The number of allylic oxidation sites excluding steroid dienone is 1. The van der Waals surface area contributed by atoms with Crippen molar-refractivity contribution in [3.63, 3.8) is 0 Å². The highest BCUT2D eigenvalue weighted by Crippen LogP contribution is 2.35. The first-order valence-corrected chi connectivity index (χ1v) is 9.36. The Hall–Kier alpha value is -3.61. The second kappa shape index (κ2) is 7.56. The molecule has 0 unspecified atom stereocenters. The van der Waals surface area contributed by atoms with Gasteiger partial charge in [-0.25, -0.2) is 4.98 Å². The molecule has 0 amide bonds. The monoisotopic (exact) mass is 404 g/mol. The SMILES string of the molecule is N#CC(=CNC(=S)N=Nc1c(O)[nH]c2ccccc12)c1nc2ccccc2s1. The second-order valence-corrected chi connectivity index (χ2v) is 7.09. The number of aromatic amines is 1. The predicted octanol–water partition coefficient (Wildman–Crippen LogP) is 5.01. The van der Waals surface area contributed by atoms with Crippen molar-refractivity contribution in [1.29, 1.82) is 5.26 Å². The van der Waals surface area contributed by atoms with Crippen molar-refractivity contribution in [1.82, 2.24) is 15.3 Å². The van der Waals surface area contributed by atoms with Gasteiger partial charge < -0.3 is 15.4 Å². The number of rotatable bonds is 3. The lowest BCUT2D eigenvalue weighted by Crippen LogP contribution is -2.11. The average molecular weight is 404 g/mol. The van der Waals surface area contributed by atoms with E-state index in [2.05, 4.69) is 31.6 Å². The van der Waals surface area contributed by atoms with E-state index in [-0.39, 0.29) is 11.0 Å². The van der Waals surface area contributed by atoms with E-state index in [1.54, 1.807) is 0 Å². The summed E-state index contributed by atoms with van der Waals surface area (Å²) in [7, 11) is 0. The Bertz CT molecular complexity index is 1260. The number of nitrogens with zero attached hydrogens (tertiary/aromatic N) is 4. The number of thiazole rings is 1. The summed E-state index contributed by atoms with van der Waals surface area (Å²) in [6.07, 6.45) is 1.45. The maximum Gasteiger partial charge on any atom is 0.218 e. The summed E-state index contributed by atoms with van der Waals surface area (Å²) in [5.41, 5.74) is 2.22. The summed E-state index contributed by atoms with van der Waals surface area (Å²) >= 11 is 6.56. The fraction of sp³-hybridized carbons (Fsp3) is 0. The van der Waals surface area contributed by atoms with Gasteiger partial charge in [-0.2, -0.15) is 5.26 Å². The third-order valence-corrected chi connectivity index (χ3v) is 5.15. The molecule has 0 saturated heterocycles. The van der Waals surface area contributed by atoms with Gasteiger partial charge >= 0.3 is 0 Å². The Morgan fingerprint density at radius 2 is 2.04 bits per heavy atom. The van der Waals surface area contributed by atoms with Crippen LogP contribution in [-0.2, 0) is 0 Å². The minimum absolute atomic E-state index is 0.0542. The Kier molecular flexibility index (Phi) is 4.80. The van der Waals surface area contributed by atoms with E-state index in [9.17, 15) is 10.4 Å². The Labute approximate surface area is 168 Å². The van der Waals surface area contributed by atoms with Gasteiger partial charge in [-0.15, -0.1) is 21.6 Å². The number of hydrogen-bond donors (Lipinski definition) is 3. The van der Waals surface area contributed by atoms with Crippen molar-refractivity contribution in [3.05, 3.63) is 59.7 Å². The van der Waals surface area contributed by atoms with Crippen molar-refractivity contribution in [2.45, 2.75) is 0 Å². The number of nitrogens with one attached hydrogen (secondary N) is 2. The van der Waals surface area contributed by atoms with E-state index < -0.39 is 0 Å². The van der Waals surface area contributed by atoms with E-state index in [1.807, 2.05) is 48.5 Å². The van der Waals surface area contributed by atoms with Crippen molar-refractivity contribution in [3.8, 4) is 11.9 Å². The maximum absolute atomic E-state index is 9.99. The smallest absolute Gasteiger partial charge is 0.218 e. The lowest BCUT2D eigenvalue weighted by atomic mass is 10.2. The van der Waals surface area contributed by atoms with Gasteiger partial charge in [-0.3, -0.25) is 0 Å². The molecule has 0 fully saturated rings. The number of aromatic nitrogens is 2. The minimum atomic E-state index is -0.0875. The van der Waals surface area contributed by atoms with Crippen LogP contribution in [0.3, 0.4) is 0 Å². The number of thiocarbonyl (C=S) groups is 1. The zero-order valence-electron chi connectivity index (χ0n) is 14.2. The fourth-order valence-corrected chi connectivity index (χ4v) is 3.63. The Morgan fingerprint density at radius 1 is 1.25 bits per heavy atom. The molecule has 2 aromatic heterocycles. The minimum Gasteiger partial charge on any atom is -0.493 e. The van der Waals surface area contributed by atoms with E-state index in [0.29, 0.717) is 16.3 Å². The van der Waals surface area contributed by atoms with Gasteiger partial charge in [-0.1, -0.05) is 30.3 Å². The number of benzene rings is 2. The first kappa shape index (κ1) is 17.8. The molecule has 0 aliphatic carbocycles. The molecule has 3 N–H and O–H groups in total. The summed E-state index contributed by atoms with van der Waals surface area (Å²) < 4.78 is 0.996. The quantitative estimate of drug-likeness (QED) is 0.253. The van der Waals surface area contributed by atoms with E-state index in [4.69, 9.17) is 12.2 Å². The number of H-pyrrole nitrogens is 1. The van der Waals surface area contributed by atoms with Gasteiger partial charge in [0.25, 0.3) is 0 Å². The summed E-state index contributed by atoms with van der Waals surface area (Å²) in [6, 6.07) is 17.1. The molecular formula is C19H12N6OS2. The van der Waals surface area contributed by atoms with E-state index in [0.717, 1.165) is 21.1 Å². The lowest BCUT2D eigenvalue weighted by Gasteiger charge is -1.97. The maximum atomic E-state index is 9.99. The van der Waals surface area contributed by atoms with Crippen LogP contribution < -0.4 is 5.32 Å². The summed E-state index contributed by atoms with van der Waals surface area (Å²) in [5, 5.41) is 31.5. The molecule has 4 aromatic rings. The van der Waals surface area contributed by atoms with Crippen LogP contribution in [0.1, 0.15) is 5.01 Å². The van der Waals surface area contributed by atoms with E-state index in [1.165, 1.54) is 17.5 Å². The molecule has 0 spiro atoms. The van der Waals surface area contributed by atoms with Crippen LogP contribution in [0.15, 0.2) is 65.0 Å². The van der Waals surface area contributed by atoms with Crippen LogP contribution >= 0.6 is 23.6 Å². The molecular weight excluding hydrogens is 392 g/mol. The normalized spacial score (nSPS) is 11.9. The summed E-state index contributed by atoms with van der Waals surface area (Å²) in [5.74, 6) is -0.0875. The highest BCUT2D eigenvalue weighted by molar-refractivity contribution is 7.80. The van der Waals surface area contributed by atoms with Crippen LogP contribution in [-0.4, -0.2) is 20.2 Å². The number of nitriles is 1. The topological polar surface area (TPSA) is 109 Å². The average Bonchev–Trinajstić information content (AvgIpc) is 3.27. The molecule has 28 heavy (non-hydrogen) atoms. The largest absolute Gasteiger partial charge is 0.493 e. The van der Waals surface area contributed by atoms with Gasteiger partial charge in [0, 0.05) is 11.6 Å². The molecule has 2 aromatic carbocycles. The zero-order valence-corrected chi connectivity index (χ0v) is 15.9. The van der Waals surface area contributed by atoms with Crippen LogP contribution in [0.4, 0.5) is 5.69 Å². The Balaban J connectivity index is 1.53. The number of fused-ring (bicyclic) bond motifs is 2. The highest BCUT2D eigenvalue weighted by atomic mass is 32.1. The number of aromatic hydroxyl groups is 1. The zero-order chi connectivity index (χ0) is 19.5. The third-order valence-electron chi connectivity index (χ3n) is 3.89. The molecule has 0 radical (unpaired) electrons. The molecule has 0 saturated carbocycles. The number of azo groups is 1. The molecule has 7 nitrogen and oxygen atoms in total. The lowest BCUT2D eigenvalue weighted by molar-refractivity contribution is 0.459. The number of para-hydroxylation sites is 2. The molecule has 2 heterocycles. The summed E-state index contributed by atoms with van der Waals surface area (Å²) in [6.45, 7) is 0. The van der Waals surface area contributed by atoms with Crippen molar-refractivity contribution in [2.24, 2.45) is 10.2 Å². The molecule has 0 atom stereocenters. The van der Waals surface area contributed by atoms with Crippen LogP contribution in [0.2, 0.25) is 0 Å². The van der Waals surface area contributed by atoms with Gasteiger partial charge in [0.2, 0.25) is 11.0 Å². The first-order valence-electron chi connectivity index (χ1n) is 8.14. The first-order chi connectivity index (χ1) is 13.7. The molecule has 9 heteroatoms.